The molecule has 2 rings (SSSR count). The van der Waals surface area contributed by atoms with Gasteiger partial charge in [-0.3, -0.25) is 0 Å². The largest absolute Gasteiger partial charge is 0.442 e. The third-order valence-corrected chi connectivity index (χ3v) is 3.91. The van der Waals surface area contributed by atoms with E-state index in [9.17, 15) is 23.4 Å². The van der Waals surface area contributed by atoms with Crippen molar-refractivity contribution in [2.24, 2.45) is 10.2 Å². The average molecular weight is 346 g/mol. The van der Waals surface area contributed by atoms with E-state index in [2.05, 4.69) is 10.2 Å². The first kappa shape index (κ1) is 18.8. The summed E-state index contributed by atoms with van der Waals surface area (Å²) in [5.74, 6) is 0. The summed E-state index contributed by atoms with van der Waals surface area (Å²) in [6, 6.07) is 5.90. The molecule has 134 valence electrons. The summed E-state index contributed by atoms with van der Waals surface area (Å²) in [7, 11) is 0. The molecule has 2 atom stereocenters. The van der Waals surface area contributed by atoms with Gasteiger partial charge in [0.1, 0.15) is 0 Å². The predicted molar refractivity (Wildman–Crippen MR) is 80.5 cm³/mol. The number of aliphatic hydroxyl groups excluding tert-OH is 2. The van der Waals surface area contributed by atoms with E-state index < -0.39 is 24.0 Å². The van der Waals surface area contributed by atoms with Gasteiger partial charge in [0.15, 0.2) is 0 Å². The average Bonchev–Trinajstić information content (AvgIpc) is 3.35. The highest BCUT2D eigenvalue weighted by Gasteiger charge is 2.65. The molecule has 0 saturated heterocycles. The summed E-state index contributed by atoms with van der Waals surface area (Å²) >= 11 is 0. The number of rotatable bonds is 9. The summed E-state index contributed by atoms with van der Waals surface area (Å²) < 4.78 is 43.8. The molecule has 0 fully saturated rings. The Hall–Kier alpha value is -1.51. The van der Waals surface area contributed by atoms with E-state index in [0.717, 1.165) is 5.56 Å². The third kappa shape index (κ3) is 4.52. The van der Waals surface area contributed by atoms with Crippen molar-refractivity contribution in [1.82, 2.24) is 0 Å². The molecule has 0 bridgehead atoms. The maximum absolute atomic E-state index is 12.9. The van der Waals surface area contributed by atoms with Crippen LogP contribution in [0.15, 0.2) is 34.5 Å². The van der Waals surface area contributed by atoms with E-state index in [-0.39, 0.29) is 18.8 Å². The Morgan fingerprint density at radius 1 is 1.08 bits per heavy atom. The highest BCUT2D eigenvalue weighted by Crippen LogP contribution is 2.52. The Morgan fingerprint density at radius 3 is 2.17 bits per heavy atom. The van der Waals surface area contributed by atoms with Gasteiger partial charge in [-0.1, -0.05) is 31.2 Å². The minimum Gasteiger partial charge on any atom is -0.391 e. The maximum Gasteiger partial charge on any atom is 0.442 e. The smallest absolute Gasteiger partial charge is 0.391 e. The Balaban J connectivity index is 1.78. The van der Waals surface area contributed by atoms with Crippen LogP contribution < -0.4 is 0 Å². The van der Waals surface area contributed by atoms with Crippen molar-refractivity contribution < 1.29 is 28.1 Å². The number of alkyl halides is 3. The second-order valence-electron chi connectivity index (χ2n) is 5.86. The molecule has 8 heteroatoms. The molecule has 0 aliphatic carbocycles. The molecular formula is C16H21F3N2O3. The fraction of sp³-hybridized carbons (Fsp3) is 0.625. The monoisotopic (exact) mass is 346 g/mol. The number of halogens is 3. The molecule has 1 aromatic carbocycles. The zero-order valence-electron chi connectivity index (χ0n) is 13.3. The molecule has 0 aromatic heterocycles. The van der Waals surface area contributed by atoms with E-state index in [0.29, 0.717) is 19.3 Å². The Kier molecular flexibility index (Phi) is 5.95. The highest BCUT2D eigenvalue weighted by atomic mass is 19.4. The molecule has 1 aliphatic heterocycles. The van der Waals surface area contributed by atoms with E-state index in [4.69, 9.17) is 4.74 Å². The van der Waals surface area contributed by atoms with Gasteiger partial charge in [0.2, 0.25) is 0 Å². The lowest BCUT2D eigenvalue weighted by atomic mass is 9.99. The fourth-order valence-electron chi connectivity index (χ4n) is 2.22. The van der Waals surface area contributed by atoms with Crippen LogP contribution in [-0.4, -0.2) is 41.8 Å². The van der Waals surface area contributed by atoms with Crippen molar-refractivity contribution in [1.29, 1.82) is 0 Å². The molecule has 24 heavy (non-hydrogen) atoms. The van der Waals surface area contributed by atoms with E-state index in [1.54, 1.807) is 12.1 Å². The molecule has 0 spiro atoms. The van der Waals surface area contributed by atoms with Crippen molar-refractivity contribution in [2.45, 2.75) is 50.2 Å². The minimum atomic E-state index is -4.52. The van der Waals surface area contributed by atoms with Gasteiger partial charge in [0, 0.05) is 5.56 Å². The van der Waals surface area contributed by atoms with Crippen LogP contribution in [0.2, 0.25) is 0 Å². The van der Waals surface area contributed by atoms with Gasteiger partial charge >= 0.3 is 11.8 Å². The fourth-order valence-corrected chi connectivity index (χ4v) is 2.22. The Labute approximate surface area is 138 Å². The number of nitrogens with zero attached hydrogens (tertiary/aromatic N) is 2. The van der Waals surface area contributed by atoms with Crippen molar-refractivity contribution in [3.8, 4) is 0 Å². The molecule has 0 saturated carbocycles. The van der Waals surface area contributed by atoms with E-state index in [1.165, 1.54) is 12.1 Å². The van der Waals surface area contributed by atoms with Crippen LogP contribution in [0.1, 0.15) is 30.9 Å². The Morgan fingerprint density at radius 2 is 1.67 bits per heavy atom. The molecule has 5 nitrogen and oxygen atoms in total. The van der Waals surface area contributed by atoms with Crippen molar-refractivity contribution in [2.75, 3.05) is 13.2 Å². The lowest BCUT2D eigenvalue weighted by molar-refractivity contribution is -0.166. The normalized spacial score (nSPS) is 18.4. The minimum absolute atomic E-state index is 0.00353. The lowest BCUT2D eigenvalue weighted by Gasteiger charge is -2.15. The van der Waals surface area contributed by atoms with Crippen LogP contribution in [0.4, 0.5) is 13.2 Å². The highest BCUT2D eigenvalue weighted by molar-refractivity contribution is 5.32. The van der Waals surface area contributed by atoms with Crippen LogP contribution in [0.25, 0.3) is 0 Å². The second-order valence-corrected chi connectivity index (χ2v) is 5.86. The zero-order chi connectivity index (χ0) is 17.8. The van der Waals surface area contributed by atoms with Crippen LogP contribution in [0.5, 0.6) is 0 Å². The molecule has 1 aliphatic rings. The lowest BCUT2D eigenvalue weighted by Crippen LogP contribution is -2.30. The van der Waals surface area contributed by atoms with Gasteiger partial charge in [0.25, 0.3) is 0 Å². The summed E-state index contributed by atoms with van der Waals surface area (Å²) in [5.41, 5.74) is -1.58. The molecule has 0 amide bonds. The van der Waals surface area contributed by atoms with Gasteiger partial charge in [-0.05, 0) is 24.8 Å². The number of aliphatic hydroxyl groups is 2. The molecule has 0 radical (unpaired) electrons. The number of ether oxygens (including phenoxy) is 1. The van der Waals surface area contributed by atoms with Gasteiger partial charge in [0.05, 0.1) is 25.4 Å². The topological polar surface area (TPSA) is 74.4 Å². The number of aryl methyl sites for hydroxylation is 1. The van der Waals surface area contributed by atoms with E-state index >= 15 is 0 Å². The van der Waals surface area contributed by atoms with Gasteiger partial charge in [-0.2, -0.15) is 13.2 Å². The summed E-state index contributed by atoms with van der Waals surface area (Å²) in [6.07, 6.45) is -4.24. The van der Waals surface area contributed by atoms with Crippen molar-refractivity contribution in [3.05, 3.63) is 35.4 Å². The molecule has 1 aromatic rings. The van der Waals surface area contributed by atoms with Crippen molar-refractivity contribution >= 4 is 0 Å². The molecule has 2 unspecified atom stereocenters. The number of benzene rings is 1. The summed E-state index contributed by atoms with van der Waals surface area (Å²) in [4.78, 5) is 0. The number of hydrogen-bond acceptors (Lipinski definition) is 5. The first-order valence-corrected chi connectivity index (χ1v) is 7.82. The van der Waals surface area contributed by atoms with Crippen molar-refractivity contribution in [3.63, 3.8) is 0 Å². The van der Waals surface area contributed by atoms with Gasteiger partial charge in [-0.25, -0.2) is 0 Å². The van der Waals surface area contributed by atoms with E-state index in [1.807, 2.05) is 6.92 Å². The molecular weight excluding hydrogens is 325 g/mol. The quantitative estimate of drug-likeness (QED) is 0.722. The molecule has 1 heterocycles. The van der Waals surface area contributed by atoms with Gasteiger partial charge < -0.3 is 14.9 Å². The summed E-state index contributed by atoms with van der Waals surface area (Å²) in [5, 5.41) is 25.5. The first-order valence-electron chi connectivity index (χ1n) is 7.82. The Bertz CT molecular complexity index is 555. The maximum atomic E-state index is 12.9. The van der Waals surface area contributed by atoms with Gasteiger partial charge in [-0.15, -0.1) is 10.2 Å². The SMILES string of the molecule is CCC(O)COCC(O)CCc1ccc(C2(C(F)(F)F)N=N2)cc1. The third-order valence-electron chi connectivity index (χ3n) is 3.91. The standard InChI is InChI=1S/C16H21F3N2O3/c1-2-13(22)9-24-10-14(23)8-5-11-3-6-12(7-4-11)15(20-21-15)16(17,18)19/h3-4,6-7,13-14,22-23H,2,5,8-10H2,1H3. The molecule has 2 N–H and O–H groups in total. The van der Waals surface area contributed by atoms with Crippen LogP contribution in [0, 0.1) is 0 Å². The predicted octanol–water partition coefficient (Wildman–Crippen LogP) is 2.95. The van der Waals surface area contributed by atoms with Crippen LogP contribution in [0.3, 0.4) is 0 Å². The zero-order valence-corrected chi connectivity index (χ0v) is 13.3. The second kappa shape index (κ2) is 7.58. The first-order chi connectivity index (χ1) is 11.3. The number of hydrogen-bond donors (Lipinski definition) is 2. The van der Waals surface area contributed by atoms with Crippen LogP contribution in [-0.2, 0) is 16.8 Å². The summed E-state index contributed by atoms with van der Waals surface area (Å²) in [6.45, 7) is 2.12. The van der Waals surface area contributed by atoms with Crippen LogP contribution >= 0.6 is 0 Å².